The summed E-state index contributed by atoms with van der Waals surface area (Å²) in [7, 11) is 0. The van der Waals surface area contributed by atoms with Crippen LogP contribution >= 0.6 is 34.5 Å². The number of primary amides is 1. The second-order valence-corrected chi connectivity index (χ2v) is 7.87. The van der Waals surface area contributed by atoms with E-state index in [4.69, 9.17) is 28.9 Å². The van der Waals surface area contributed by atoms with E-state index in [0.29, 0.717) is 27.6 Å². The lowest BCUT2D eigenvalue weighted by Gasteiger charge is -2.02. The highest BCUT2D eigenvalue weighted by molar-refractivity contribution is 7.16. The van der Waals surface area contributed by atoms with Crippen LogP contribution in [0.2, 0.25) is 10.0 Å². The zero-order chi connectivity index (χ0) is 19.6. The number of aliphatic imine (C=N–C) groups is 1. The predicted molar refractivity (Wildman–Crippen MR) is 112 cm³/mol. The van der Waals surface area contributed by atoms with Crippen molar-refractivity contribution >= 4 is 51.7 Å². The van der Waals surface area contributed by atoms with Crippen LogP contribution in [0.4, 0.5) is 5.00 Å². The molecule has 0 aliphatic rings. The maximum atomic E-state index is 12.0. The monoisotopic (exact) mass is 418 g/mol. The Labute approximate surface area is 170 Å². The van der Waals surface area contributed by atoms with Crippen molar-refractivity contribution < 1.29 is 9.90 Å². The van der Waals surface area contributed by atoms with Gasteiger partial charge >= 0.3 is 0 Å². The number of nitrogens with zero attached hydrogens (tertiary/aromatic N) is 1. The number of nitrogens with two attached hydrogens (primary N) is 1. The van der Waals surface area contributed by atoms with Crippen LogP contribution in [0, 0.1) is 6.92 Å². The average Bonchev–Trinajstić information content (AvgIpc) is 2.93. The Morgan fingerprint density at radius 1 is 1.26 bits per heavy atom. The predicted octanol–water partition coefficient (Wildman–Crippen LogP) is 5.51. The van der Waals surface area contributed by atoms with E-state index in [1.165, 1.54) is 23.6 Å². The number of carbonyl (C=O) groups is 1. The highest BCUT2D eigenvalue weighted by atomic mass is 35.5. The molecule has 1 aromatic heterocycles. The van der Waals surface area contributed by atoms with Gasteiger partial charge in [-0.15, -0.1) is 11.3 Å². The second-order valence-electron chi connectivity index (χ2n) is 5.94. The first-order chi connectivity index (χ1) is 12.9. The Kier molecular flexibility index (Phi) is 5.85. The van der Waals surface area contributed by atoms with E-state index in [2.05, 4.69) is 4.99 Å². The van der Waals surface area contributed by atoms with Gasteiger partial charge in [-0.1, -0.05) is 53.5 Å². The summed E-state index contributed by atoms with van der Waals surface area (Å²) >= 11 is 13.3. The van der Waals surface area contributed by atoms with Crippen LogP contribution in [0.3, 0.4) is 0 Å². The van der Waals surface area contributed by atoms with Crippen molar-refractivity contribution in [2.24, 2.45) is 10.7 Å². The average molecular weight is 419 g/mol. The van der Waals surface area contributed by atoms with Crippen LogP contribution in [-0.2, 0) is 6.42 Å². The molecule has 1 amide bonds. The largest absolute Gasteiger partial charge is 0.506 e. The summed E-state index contributed by atoms with van der Waals surface area (Å²) in [4.78, 5) is 17.3. The van der Waals surface area contributed by atoms with Crippen molar-refractivity contribution in [3.05, 3.63) is 79.6 Å². The number of phenolic OH excluding ortho intramolecular Hbond substituents is 1. The van der Waals surface area contributed by atoms with Gasteiger partial charge in [-0.05, 0) is 30.2 Å². The number of hydrogen-bond acceptors (Lipinski definition) is 4. The first kappa shape index (κ1) is 19.4. The van der Waals surface area contributed by atoms with E-state index in [9.17, 15) is 9.90 Å². The highest BCUT2D eigenvalue weighted by Gasteiger charge is 2.19. The van der Waals surface area contributed by atoms with Gasteiger partial charge in [0, 0.05) is 28.1 Å². The molecule has 4 nitrogen and oxygen atoms in total. The normalized spacial score (nSPS) is 11.2. The second kappa shape index (κ2) is 8.13. The van der Waals surface area contributed by atoms with Gasteiger partial charge < -0.3 is 10.8 Å². The molecule has 3 aromatic rings. The van der Waals surface area contributed by atoms with Gasteiger partial charge in [0.2, 0.25) is 0 Å². The molecule has 0 fully saturated rings. The highest BCUT2D eigenvalue weighted by Crippen LogP contribution is 2.37. The fourth-order valence-corrected chi connectivity index (χ4v) is 4.39. The van der Waals surface area contributed by atoms with Crippen LogP contribution in [0.25, 0.3) is 0 Å². The lowest BCUT2D eigenvalue weighted by Crippen LogP contribution is -2.11. The van der Waals surface area contributed by atoms with E-state index in [1.54, 1.807) is 6.07 Å². The summed E-state index contributed by atoms with van der Waals surface area (Å²) in [5.41, 5.74) is 8.26. The number of phenols is 1. The van der Waals surface area contributed by atoms with Crippen molar-refractivity contribution in [1.82, 2.24) is 0 Å². The number of carbonyl (C=O) groups excluding carboxylic acids is 1. The molecular formula is C20H16Cl2N2O2S. The SMILES string of the molecule is Cc1c(Cc2ccccc2)sc(/N=C/c2cc(Cl)cc(Cl)c2O)c1C(N)=O. The van der Waals surface area contributed by atoms with Gasteiger partial charge in [0.05, 0.1) is 10.6 Å². The van der Waals surface area contributed by atoms with Crippen molar-refractivity contribution in [3.8, 4) is 5.75 Å². The molecule has 0 spiro atoms. The minimum Gasteiger partial charge on any atom is -0.506 e. The van der Waals surface area contributed by atoms with Crippen LogP contribution in [0.15, 0.2) is 47.5 Å². The van der Waals surface area contributed by atoms with Gasteiger partial charge in [0.15, 0.2) is 0 Å². The quantitative estimate of drug-likeness (QED) is 0.535. The van der Waals surface area contributed by atoms with Gasteiger partial charge in [-0.2, -0.15) is 0 Å². The summed E-state index contributed by atoms with van der Waals surface area (Å²) in [6, 6.07) is 12.9. The molecule has 3 N–H and O–H groups in total. The maximum Gasteiger partial charge on any atom is 0.252 e. The van der Waals surface area contributed by atoms with E-state index < -0.39 is 5.91 Å². The number of thiophene rings is 1. The molecule has 1 heterocycles. The third kappa shape index (κ3) is 4.33. The standard InChI is InChI=1S/C20H16Cl2N2O2S/c1-11-16(7-12-5-3-2-4-6-12)27-20(17(11)19(23)26)24-10-13-8-14(21)9-15(22)18(13)25/h2-6,8-10,25H,7H2,1H3,(H2,23,26)/b24-10+. The Balaban J connectivity index is 2.00. The number of benzene rings is 2. The number of halogens is 2. The van der Waals surface area contributed by atoms with Crippen molar-refractivity contribution in [3.63, 3.8) is 0 Å². The molecule has 7 heteroatoms. The molecule has 138 valence electrons. The van der Waals surface area contributed by atoms with Crippen molar-refractivity contribution in [2.45, 2.75) is 13.3 Å². The third-order valence-electron chi connectivity index (χ3n) is 4.06. The first-order valence-electron chi connectivity index (χ1n) is 8.05. The summed E-state index contributed by atoms with van der Waals surface area (Å²) in [6.45, 7) is 1.86. The van der Waals surface area contributed by atoms with E-state index >= 15 is 0 Å². The summed E-state index contributed by atoms with van der Waals surface area (Å²) in [5, 5.41) is 11.1. The molecule has 0 aliphatic carbocycles. The number of amides is 1. The Morgan fingerprint density at radius 2 is 1.96 bits per heavy atom. The fraction of sp³-hybridized carbons (Fsp3) is 0.100. The Hall–Kier alpha value is -2.34. The lowest BCUT2D eigenvalue weighted by atomic mass is 10.1. The van der Waals surface area contributed by atoms with Crippen LogP contribution in [-0.4, -0.2) is 17.2 Å². The van der Waals surface area contributed by atoms with Crippen LogP contribution < -0.4 is 5.73 Å². The first-order valence-corrected chi connectivity index (χ1v) is 9.62. The molecule has 0 bridgehead atoms. The van der Waals surface area contributed by atoms with Gasteiger partial charge in [0.25, 0.3) is 5.91 Å². The number of aromatic hydroxyl groups is 1. The summed E-state index contributed by atoms with van der Waals surface area (Å²) in [6.07, 6.45) is 2.11. The number of rotatable bonds is 5. The molecule has 0 atom stereocenters. The van der Waals surface area contributed by atoms with E-state index in [0.717, 1.165) is 16.0 Å². The Morgan fingerprint density at radius 3 is 2.63 bits per heavy atom. The molecule has 27 heavy (non-hydrogen) atoms. The van der Waals surface area contributed by atoms with Crippen molar-refractivity contribution in [1.29, 1.82) is 0 Å². The van der Waals surface area contributed by atoms with E-state index in [-0.39, 0.29) is 10.8 Å². The topological polar surface area (TPSA) is 75.7 Å². The minimum absolute atomic E-state index is 0.122. The van der Waals surface area contributed by atoms with Gasteiger partial charge in [-0.25, -0.2) is 4.99 Å². The molecule has 0 unspecified atom stereocenters. The minimum atomic E-state index is -0.538. The van der Waals surface area contributed by atoms with Crippen LogP contribution in [0.5, 0.6) is 5.75 Å². The van der Waals surface area contributed by atoms with Crippen LogP contribution in [0.1, 0.15) is 31.9 Å². The molecular weight excluding hydrogens is 403 g/mol. The van der Waals surface area contributed by atoms with E-state index in [1.807, 2.05) is 37.3 Å². The zero-order valence-corrected chi connectivity index (χ0v) is 16.7. The molecule has 3 rings (SSSR count). The summed E-state index contributed by atoms with van der Waals surface area (Å²) < 4.78 is 0. The smallest absolute Gasteiger partial charge is 0.252 e. The molecule has 0 aliphatic heterocycles. The maximum absolute atomic E-state index is 12.0. The Bertz CT molecular complexity index is 1030. The lowest BCUT2D eigenvalue weighted by molar-refractivity contribution is 0.100. The van der Waals surface area contributed by atoms with Gasteiger partial charge in [0.1, 0.15) is 10.8 Å². The third-order valence-corrected chi connectivity index (χ3v) is 5.77. The number of hydrogen-bond donors (Lipinski definition) is 2. The molecule has 0 radical (unpaired) electrons. The zero-order valence-electron chi connectivity index (χ0n) is 14.4. The molecule has 2 aromatic carbocycles. The van der Waals surface area contributed by atoms with Gasteiger partial charge in [-0.3, -0.25) is 4.79 Å². The van der Waals surface area contributed by atoms with Crippen molar-refractivity contribution in [2.75, 3.05) is 0 Å². The fourth-order valence-electron chi connectivity index (χ4n) is 2.69. The molecule has 0 saturated heterocycles. The summed E-state index contributed by atoms with van der Waals surface area (Å²) in [5.74, 6) is -0.660. The molecule has 0 saturated carbocycles.